The molecule has 2 heteroatoms. The molecule has 0 rings (SSSR count). The summed E-state index contributed by atoms with van der Waals surface area (Å²) in [6.07, 6.45) is 21.3. The van der Waals surface area contributed by atoms with Gasteiger partial charge in [-0.15, -0.1) is 0 Å². The summed E-state index contributed by atoms with van der Waals surface area (Å²) >= 11 is 0. The maximum absolute atomic E-state index is 10.3. The van der Waals surface area contributed by atoms with Gasteiger partial charge in [0.1, 0.15) is 0 Å². The van der Waals surface area contributed by atoms with Gasteiger partial charge < -0.3 is 5.11 Å². The number of aliphatic carboxylic acids is 1. The highest BCUT2D eigenvalue weighted by Crippen LogP contribution is 2.09. The van der Waals surface area contributed by atoms with Crippen molar-refractivity contribution in [2.24, 2.45) is 5.92 Å². The van der Waals surface area contributed by atoms with Gasteiger partial charge in [0.15, 0.2) is 0 Å². The van der Waals surface area contributed by atoms with E-state index in [-0.39, 0.29) is 0 Å². The van der Waals surface area contributed by atoms with Gasteiger partial charge in [0.05, 0.1) is 0 Å². The second-order valence-corrected chi connectivity index (χ2v) is 5.91. The van der Waals surface area contributed by atoms with Crippen molar-refractivity contribution in [2.75, 3.05) is 0 Å². The fourth-order valence-corrected chi connectivity index (χ4v) is 2.27. The second-order valence-electron chi connectivity index (χ2n) is 5.91. The second kappa shape index (κ2) is 15.3. The summed E-state index contributed by atoms with van der Waals surface area (Å²) in [6, 6.07) is 0. The molecule has 0 fully saturated rings. The van der Waals surface area contributed by atoms with Gasteiger partial charge in [0, 0.05) is 6.42 Å². The van der Waals surface area contributed by atoms with Crippen LogP contribution in [-0.4, -0.2) is 11.1 Å². The van der Waals surface area contributed by atoms with E-state index in [1.807, 2.05) is 0 Å². The molecule has 0 amide bonds. The van der Waals surface area contributed by atoms with Crippen LogP contribution in [0.3, 0.4) is 0 Å². The van der Waals surface area contributed by atoms with E-state index in [9.17, 15) is 4.79 Å². The molecule has 1 atom stereocenters. The highest BCUT2D eigenvalue weighted by atomic mass is 16.4. The minimum atomic E-state index is -0.672. The Kier molecular flexibility index (Phi) is 14.6. The Hall–Kier alpha value is -1.05. The molecule has 1 N–H and O–H groups in total. The molecular formula is C19H34O2. The van der Waals surface area contributed by atoms with E-state index in [0.29, 0.717) is 12.3 Å². The van der Waals surface area contributed by atoms with Gasteiger partial charge >= 0.3 is 5.97 Å². The predicted octanol–water partition coefficient (Wildman–Crippen LogP) is 6.13. The Morgan fingerprint density at radius 2 is 1.43 bits per heavy atom. The Labute approximate surface area is 131 Å². The number of carbonyl (C=O) groups is 1. The van der Waals surface area contributed by atoms with E-state index in [2.05, 4.69) is 38.2 Å². The average molecular weight is 294 g/mol. The van der Waals surface area contributed by atoms with Crippen molar-refractivity contribution in [3.8, 4) is 0 Å². The number of unbranched alkanes of at least 4 members (excludes halogenated alkanes) is 8. The van der Waals surface area contributed by atoms with Crippen LogP contribution in [-0.2, 0) is 4.79 Å². The highest BCUT2D eigenvalue weighted by Gasteiger charge is 1.96. The summed E-state index contributed by atoms with van der Waals surface area (Å²) in [5.74, 6) is -0.128. The number of hydrogen-bond acceptors (Lipinski definition) is 1. The lowest BCUT2D eigenvalue weighted by Crippen LogP contribution is -1.93. The zero-order valence-corrected chi connectivity index (χ0v) is 14.0. The van der Waals surface area contributed by atoms with Crippen LogP contribution in [0.15, 0.2) is 24.3 Å². The Bertz CT molecular complexity index is 292. The quantitative estimate of drug-likeness (QED) is 0.309. The number of allylic oxidation sites excluding steroid dienone is 4. The van der Waals surface area contributed by atoms with Gasteiger partial charge in [-0.1, -0.05) is 70.3 Å². The molecule has 0 aliphatic carbocycles. The lowest BCUT2D eigenvalue weighted by molar-refractivity contribution is -0.137. The van der Waals surface area contributed by atoms with Crippen molar-refractivity contribution in [1.82, 2.24) is 0 Å². The zero-order valence-electron chi connectivity index (χ0n) is 14.0. The van der Waals surface area contributed by atoms with E-state index in [4.69, 9.17) is 5.11 Å². The Morgan fingerprint density at radius 3 is 2.00 bits per heavy atom. The van der Waals surface area contributed by atoms with Crippen LogP contribution in [0.5, 0.6) is 0 Å². The van der Waals surface area contributed by atoms with Crippen LogP contribution in [0.25, 0.3) is 0 Å². The summed E-state index contributed by atoms with van der Waals surface area (Å²) < 4.78 is 0. The van der Waals surface area contributed by atoms with E-state index < -0.39 is 5.97 Å². The largest absolute Gasteiger partial charge is 0.481 e. The van der Waals surface area contributed by atoms with Crippen molar-refractivity contribution < 1.29 is 9.90 Å². The predicted molar refractivity (Wildman–Crippen MR) is 91.5 cm³/mol. The van der Waals surface area contributed by atoms with E-state index in [1.54, 1.807) is 0 Å². The molecule has 0 aromatic carbocycles. The zero-order chi connectivity index (χ0) is 15.8. The minimum absolute atomic E-state index is 0.321. The first kappa shape index (κ1) is 19.9. The average Bonchev–Trinajstić information content (AvgIpc) is 2.45. The monoisotopic (exact) mass is 294 g/mol. The molecule has 0 radical (unpaired) electrons. The summed E-state index contributed by atoms with van der Waals surface area (Å²) in [6.45, 7) is 4.47. The molecule has 0 aliphatic rings. The number of carboxylic acid groups (broad SMARTS) is 1. The van der Waals surface area contributed by atoms with Crippen LogP contribution in [0.4, 0.5) is 0 Å². The molecule has 0 aromatic rings. The van der Waals surface area contributed by atoms with Crippen LogP contribution in [0.2, 0.25) is 0 Å². The van der Waals surface area contributed by atoms with Gasteiger partial charge in [0.2, 0.25) is 0 Å². The standard InChI is InChI=1S/C19H34O2/c1-3-4-5-9-12-15-18(2)16-13-10-7-6-8-11-14-17-19(20)21/h12-13,15-16,18H,3-11,14,17H2,1-2H3,(H,20,21). The van der Waals surface area contributed by atoms with E-state index in [1.165, 1.54) is 38.5 Å². The first-order chi connectivity index (χ1) is 10.2. The summed E-state index contributed by atoms with van der Waals surface area (Å²) in [4.78, 5) is 10.3. The summed E-state index contributed by atoms with van der Waals surface area (Å²) in [7, 11) is 0. The van der Waals surface area contributed by atoms with Gasteiger partial charge in [-0.2, -0.15) is 0 Å². The fourth-order valence-electron chi connectivity index (χ4n) is 2.27. The molecule has 0 aliphatic heterocycles. The van der Waals surface area contributed by atoms with Crippen LogP contribution >= 0.6 is 0 Å². The van der Waals surface area contributed by atoms with Crippen molar-refractivity contribution in [2.45, 2.75) is 84.5 Å². The Morgan fingerprint density at radius 1 is 0.905 bits per heavy atom. The Balaban J connectivity index is 3.39. The topological polar surface area (TPSA) is 37.3 Å². The van der Waals surface area contributed by atoms with Gasteiger partial charge in [0.25, 0.3) is 0 Å². The maximum atomic E-state index is 10.3. The molecule has 0 saturated carbocycles. The number of rotatable bonds is 14. The van der Waals surface area contributed by atoms with E-state index >= 15 is 0 Å². The summed E-state index contributed by atoms with van der Waals surface area (Å²) in [5, 5.41) is 8.53. The maximum Gasteiger partial charge on any atom is 0.303 e. The number of carboxylic acids is 1. The lowest BCUT2D eigenvalue weighted by atomic mass is 10.1. The van der Waals surface area contributed by atoms with Crippen LogP contribution in [0, 0.1) is 5.92 Å². The van der Waals surface area contributed by atoms with Gasteiger partial charge in [-0.25, -0.2) is 0 Å². The third-order valence-electron chi connectivity index (χ3n) is 3.62. The molecular weight excluding hydrogens is 260 g/mol. The van der Waals surface area contributed by atoms with Crippen LogP contribution < -0.4 is 0 Å². The molecule has 0 bridgehead atoms. The fraction of sp³-hybridized carbons (Fsp3) is 0.737. The van der Waals surface area contributed by atoms with Crippen molar-refractivity contribution >= 4 is 5.97 Å². The van der Waals surface area contributed by atoms with Gasteiger partial charge in [-0.05, 0) is 38.0 Å². The molecule has 0 saturated heterocycles. The molecule has 1 unspecified atom stereocenters. The molecule has 0 spiro atoms. The molecule has 2 nitrogen and oxygen atoms in total. The molecule has 21 heavy (non-hydrogen) atoms. The first-order valence-corrected chi connectivity index (χ1v) is 8.72. The van der Waals surface area contributed by atoms with E-state index in [0.717, 1.165) is 25.7 Å². The molecule has 122 valence electrons. The first-order valence-electron chi connectivity index (χ1n) is 8.72. The third kappa shape index (κ3) is 16.9. The normalized spacial score (nSPS) is 13.2. The van der Waals surface area contributed by atoms with Crippen molar-refractivity contribution in [1.29, 1.82) is 0 Å². The van der Waals surface area contributed by atoms with Crippen molar-refractivity contribution in [3.05, 3.63) is 24.3 Å². The van der Waals surface area contributed by atoms with Gasteiger partial charge in [-0.3, -0.25) is 4.79 Å². The SMILES string of the molecule is CCCCCC=CC(C)C=CCCCCCCCC(=O)O. The number of hydrogen-bond donors (Lipinski definition) is 1. The minimum Gasteiger partial charge on any atom is -0.481 e. The highest BCUT2D eigenvalue weighted by molar-refractivity contribution is 5.66. The smallest absolute Gasteiger partial charge is 0.303 e. The third-order valence-corrected chi connectivity index (χ3v) is 3.62. The molecule has 0 aromatic heterocycles. The summed E-state index contributed by atoms with van der Waals surface area (Å²) in [5.41, 5.74) is 0. The van der Waals surface area contributed by atoms with Crippen molar-refractivity contribution in [3.63, 3.8) is 0 Å². The lowest BCUT2D eigenvalue weighted by Gasteiger charge is -2.00. The van der Waals surface area contributed by atoms with Crippen LogP contribution in [0.1, 0.15) is 84.5 Å². The molecule has 0 heterocycles.